The molecule has 9 rings (SSSR count). The van der Waals surface area contributed by atoms with Crippen molar-refractivity contribution in [3.63, 3.8) is 0 Å². The molecule has 5 heterocycles. The predicted octanol–water partition coefficient (Wildman–Crippen LogP) is 3.15. The third-order valence-corrected chi connectivity index (χ3v) is 16.3. The number of aromatic nitrogens is 6. The van der Waals surface area contributed by atoms with Crippen LogP contribution in [0.15, 0.2) is 48.5 Å². The summed E-state index contributed by atoms with van der Waals surface area (Å²) < 4.78 is 16.5. The van der Waals surface area contributed by atoms with Gasteiger partial charge in [0, 0.05) is 26.2 Å². The number of carbonyl (C=O) groups is 6. The molecule has 2 aromatic carbocycles. The number of hydrogen-bond acceptors (Lipinski definition) is 14. The number of hydrogen-bond donors (Lipinski definition) is 6. The summed E-state index contributed by atoms with van der Waals surface area (Å²) in [6.07, 6.45) is 6.54. The standard InChI is InChI=1S/C55H76N14O8.2ClH/c1-32(56-5)50(70)60-46(54(74)66-26-13-24-44(66)52(72)58-40-22-11-18-36-16-7-9-20-38(36)40)34(3)76-30-42-48-49-43(63-65-69(49)29-15-28-68(48)64-62-42)31-77-35(4)47(61-51(71)33(2)57-6)55(75)67-27-14-25-45(67)53(73)59-41-23-12-19-37-17-8-10-21-39(37)41;;/h7-10,16-17,20-21,32-35,40-41,44-47,56-57H,11-15,18-19,22-31H2,1-6H3,(H,58,72)(H,59,73)(H,60,70)(H,61,71);2*1H/t32-,33-,34+,35+,40+,41+,44-,45-,46-,47-;;/m0../s1. The molecule has 22 nitrogen and oxygen atoms in total. The summed E-state index contributed by atoms with van der Waals surface area (Å²) in [6, 6.07) is 11.0. The zero-order valence-corrected chi connectivity index (χ0v) is 47.7. The fraction of sp³-hybridized carbons (Fsp3) is 0.600. The van der Waals surface area contributed by atoms with Crippen molar-refractivity contribution < 1.29 is 38.2 Å². The van der Waals surface area contributed by atoms with Crippen LogP contribution in [0.2, 0.25) is 0 Å². The third kappa shape index (κ3) is 13.4. The number of halogens is 2. The van der Waals surface area contributed by atoms with E-state index in [0.717, 1.165) is 49.7 Å². The van der Waals surface area contributed by atoms with Crippen molar-refractivity contribution >= 4 is 60.3 Å². The summed E-state index contributed by atoms with van der Waals surface area (Å²) >= 11 is 0. The lowest BCUT2D eigenvalue weighted by atomic mass is 9.87. The van der Waals surface area contributed by atoms with E-state index in [4.69, 9.17) is 9.47 Å². The minimum absolute atomic E-state index is 0. The van der Waals surface area contributed by atoms with Crippen molar-refractivity contribution in [2.24, 2.45) is 0 Å². The number of aryl methyl sites for hydroxylation is 4. The summed E-state index contributed by atoms with van der Waals surface area (Å²) in [5.41, 5.74) is 6.67. The first kappa shape index (κ1) is 60.6. The number of amides is 6. The normalized spacial score (nSPS) is 21.6. The quantitative estimate of drug-likeness (QED) is 0.0744. The van der Waals surface area contributed by atoms with Crippen molar-refractivity contribution in [3.05, 3.63) is 82.2 Å². The van der Waals surface area contributed by atoms with Gasteiger partial charge in [0.2, 0.25) is 35.4 Å². The molecule has 2 aromatic heterocycles. The number of ether oxygens (including phenoxy) is 2. The van der Waals surface area contributed by atoms with Crippen LogP contribution in [0.3, 0.4) is 0 Å². The van der Waals surface area contributed by atoms with Gasteiger partial charge >= 0.3 is 0 Å². The summed E-state index contributed by atoms with van der Waals surface area (Å²) in [5.74, 6) is -2.09. The number of likely N-dealkylation sites (tertiary alicyclic amines) is 2. The molecule has 3 aliphatic heterocycles. The van der Waals surface area contributed by atoms with Crippen LogP contribution in [0, 0.1) is 0 Å². The van der Waals surface area contributed by atoms with Gasteiger partial charge < -0.3 is 51.2 Å². The van der Waals surface area contributed by atoms with E-state index in [2.05, 4.69) is 76.8 Å². The first-order valence-electron chi connectivity index (χ1n) is 27.7. The van der Waals surface area contributed by atoms with Gasteiger partial charge in [-0.15, -0.1) is 35.0 Å². The monoisotopic (exact) mass is 1130 g/mol. The van der Waals surface area contributed by atoms with E-state index in [1.807, 2.05) is 24.3 Å². The van der Waals surface area contributed by atoms with E-state index in [1.165, 1.54) is 11.1 Å². The second-order valence-electron chi connectivity index (χ2n) is 21.3. The second kappa shape index (κ2) is 27.4. The smallest absolute Gasteiger partial charge is 0.248 e. The maximum atomic E-state index is 14.7. The lowest BCUT2D eigenvalue weighted by molar-refractivity contribution is -0.145. The van der Waals surface area contributed by atoms with Crippen molar-refractivity contribution in [1.29, 1.82) is 0 Å². The van der Waals surface area contributed by atoms with Crippen molar-refractivity contribution in [2.45, 2.75) is 185 Å². The topological polar surface area (TPSA) is 261 Å². The Kier molecular flexibility index (Phi) is 21.0. The molecule has 79 heavy (non-hydrogen) atoms. The molecule has 4 aromatic rings. The van der Waals surface area contributed by atoms with Crippen LogP contribution < -0.4 is 31.9 Å². The Morgan fingerprint density at radius 3 is 1.37 bits per heavy atom. The molecular formula is C55H78Cl2N14O8. The Hall–Kier alpha value is -6.04. The van der Waals surface area contributed by atoms with Gasteiger partial charge in [-0.25, -0.2) is 9.36 Å². The molecule has 6 N–H and O–H groups in total. The summed E-state index contributed by atoms with van der Waals surface area (Å²) in [4.78, 5) is 87.7. The Bertz CT molecular complexity index is 2610. The van der Waals surface area contributed by atoms with Gasteiger partial charge in [-0.1, -0.05) is 59.0 Å². The average Bonchev–Trinajstić information content (AvgIpc) is 4.29. The second-order valence-corrected chi connectivity index (χ2v) is 21.3. The number of carbonyl (C=O) groups excluding carboxylic acids is 6. The fourth-order valence-electron chi connectivity index (χ4n) is 11.6. The van der Waals surface area contributed by atoms with Crippen LogP contribution >= 0.6 is 24.8 Å². The molecule has 6 amide bonds. The highest BCUT2D eigenvalue weighted by molar-refractivity contribution is 5.95. The van der Waals surface area contributed by atoms with E-state index in [1.54, 1.807) is 61.0 Å². The number of benzene rings is 2. The molecule has 5 aliphatic rings. The molecule has 24 heteroatoms. The highest BCUT2D eigenvalue weighted by atomic mass is 35.5. The minimum atomic E-state index is -1.15. The zero-order chi connectivity index (χ0) is 54.3. The predicted molar refractivity (Wildman–Crippen MR) is 298 cm³/mol. The largest absolute Gasteiger partial charge is 0.369 e. The first-order valence-corrected chi connectivity index (χ1v) is 27.7. The first-order chi connectivity index (χ1) is 37.3. The van der Waals surface area contributed by atoms with E-state index >= 15 is 0 Å². The van der Waals surface area contributed by atoms with Gasteiger partial charge in [0.05, 0.1) is 49.6 Å². The molecular weight excluding hydrogens is 1060 g/mol. The summed E-state index contributed by atoms with van der Waals surface area (Å²) in [5, 5.41) is 36.3. The fourth-order valence-corrected chi connectivity index (χ4v) is 11.6. The van der Waals surface area contributed by atoms with Crippen molar-refractivity contribution in [2.75, 3.05) is 27.2 Å². The molecule has 430 valence electrons. The highest BCUT2D eigenvalue weighted by Crippen LogP contribution is 2.34. The summed E-state index contributed by atoms with van der Waals surface area (Å²) in [7, 11) is 3.32. The van der Waals surface area contributed by atoms with Gasteiger partial charge in [0.25, 0.3) is 0 Å². The number of nitrogens with one attached hydrogen (secondary N) is 6. The van der Waals surface area contributed by atoms with Crippen LogP contribution in [0.1, 0.15) is 131 Å². The number of fused-ring (bicyclic) bond motifs is 5. The SMILES string of the molecule is CN[C@@H](C)C(=O)N[C@H](C(=O)N1CCC[C@H]1C(=O)N[C@@H]1CCCc2ccccc21)[C@@H](C)OCc1nnn2c1-c1c(CO[C@H](C)[C@H](NC(=O)[C@H](C)NC)C(=O)N3CCC[C@H]3C(=O)N[C@@H]3CCCc4ccccc43)nnn1CCC2.Cl.Cl. The van der Waals surface area contributed by atoms with Gasteiger partial charge in [-0.05, 0) is 135 Å². The Labute approximate surface area is 474 Å². The van der Waals surface area contributed by atoms with Crippen molar-refractivity contribution in [3.8, 4) is 11.4 Å². The number of rotatable bonds is 20. The van der Waals surface area contributed by atoms with E-state index in [0.29, 0.717) is 81.1 Å². The summed E-state index contributed by atoms with van der Waals surface area (Å²) in [6.45, 7) is 8.30. The number of likely N-dealkylation sites (N-methyl/N-ethyl adjacent to an activating group) is 2. The number of nitrogens with zero attached hydrogens (tertiary/aromatic N) is 8. The Balaban J connectivity index is 0.00000452. The van der Waals surface area contributed by atoms with Crippen LogP contribution in [0.4, 0.5) is 0 Å². The van der Waals surface area contributed by atoms with Crippen LogP contribution in [0.25, 0.3) is 11.4 Å². The minimum Gasteiger partial charge on any atom is -0.369 e. The van der Waals surface area contributed by atoms with E-state index < -0.39 is 72.1 Å². The van der Waals surface area contributed by atoms with Crippen LogP contribution in [-0.2, 0) is 77.4 Å². The van der Waals surface area contributed by atoms with Gasteiger partial charge in [-0.3, -0.25) is 28.8 Å². The molecule has 0 saturated carbocycles. The maximum Gasteiger partial charge on any atom is 0.248 e. The third-order valence-electron chi connectivity index (χ3n) is 16.3. The maximum absolute atomic E-state index is 14.7. The molecule has 0 spiro atoms. The lowest BCUT2D eigenvalue weighted by Gasteiger charge is -2.33. The molecule has 0 radical (unpaired) electrons. The van der Waals surface area contributed by atoms with Gasteiger partial charge in [-0.2, -0.15) is 0 Å². The Morgan fingerprint density at radius 1 is 0.557 bits per heavy atom. The van der Waals surface area contributed by atoms with E-state index in [9.17, 15) is 28.8 Å². The van der Waals surface area contributed by atoms with E-state index in [-0.39, 0.29) is 61.9 Å². The lowest BCUT2D eigenvalue weighted by Crippen LogP contribution is -2.59. The Morgan fingerprint density at radius 2 is 0.962 bits per heavy atom. The van der Waals surface area contributed by atoms with Gasteiger partial charge in [0.1, 0.15) is 46.9 Å². The molecule has 2 aliphatic carbocycles. The average molecular weight is 1130 g/mol. The van der Waals surface area contributed by atoms with Crippen molar-refractivity contribution in [1.82, 2.24) is 71.7 Å². The van der Waals surface area contributed by atoms with Crippen LogP contribution in [-0.4, -0.2) is 151 Å². The molecule has 2 saturated heterocycles. The van der Waals surface area contributed by atoms with Gasteiger partial charge in [0.15, 0.2) is 0 Å². The molecule has 0 unspecified atom stereocenters. The molecule has 10 atom stereocenters. The molecule has 2 fully saturated rings. The highest BCUT2D eigenvalue weighted by Gasteiger charge is 2.43. The zero-order valence-electron chi connectivity index (χ0n) is 46.1. The molecule has 0 bridgehead atoms. The van der Waals surface area contributed by atoms with Crippen LogP contribution in [0.5, 0.6) is 0 Å².